The van der Waals surface area contributed by atoms with Gasteiger partial charge in [0.1, 0.15) is 0 Å². The van der Waals surface area contributed by atoms with Gasteiger partial charge in [0.05, 0.1) is 16.1 Å². The molecule has 2 aromatic carbocycles. The van der Waals surface area contributed by atoms with Crippen molar-refractivity contribution in [3.05, 3.63) is 59.8 Å². The van der Waals surface area contributed by atoms with Crippen molar-refractivity contribution in [2.75, 3.05) is 31.6 Å². The molecule has 3 heterocycles. The van der Waals surface area contributed by atoms with Gasteiger partial charge in [-0.15, -0.1) is 0 Å². The van der Waals surface area contributed by atoms with Crippen molar-refractivity contribution >= 4 is 38.1 Å². The van der Waals surface area contributed by atoms with Crippen molar-refractivity contribution in [2.24, 2.45) is 0 Å². The Hall–Kier alpha value is -2.97. The summed E-state index contributed by atoms with van der Waals surface area (Å²) < 4.78 is 28.4. The zero-order valence-corrected chi connectivity index (χ0v) is 18.4. The number of fused-ring (bicyclic) bond motifs is 2. The molecule has 0 aliphatic carbocycles. The third-order valence-electron chi connectivity index (χ3n) is 6.12. The van der Waals surface area contributed by atoms with E-state index in [1.54, 1.807) is 29.2 Å². The molecule has 0 saturated carbocycles. The Morgan fingerprint density at radius 1 is 1.06 bits per heavy atom. The summed E-state index contributed by atoms with van der Waals surface area (Å²) in [4.78, 5) is 15.9. The largest absolute Gasteiger partial charge is 0.312 e. The Morgan fingerprint density at radius 2 is 1.87 bits per heavy atom. The maximum absolute atomic E-state index is 13.6. The Bertz CT molecular complexity index is 1340. The van der Waals surface area contributed by atoms with Crippen molar-refractivity contribution in [3.8, 4) is 0 Å². The van der Waals surface area contributed by atoms with Gasteiger partial charge in [-0.25, -0.2) is 0 Å². The average Bonchev–Trinajstić information content (AvgIpc) is 3.36. The van der Waals surface area contributed by atoms with Gasteiger partial charge < -0.3 is 9.80 Å². The second-order valence-corrected chi connectivity index (χ2v) is 9.93. The van der Waals surface area contributed by atoms with Gasteiger partial charge in [0.25, 0.3) is 10.0 Å². The van der Waals surface area contributed by atoms with E-state index in [4.69, 9.17) is 0 Å². The molecule has 31 heavy (non-hydrogen) atoms. The van der Waals surface area contributed by atoms with Gasteiger partial charge in [0.15, 0.2) is 0 Å². The van der Waals surface area contributed by atoms with E-state index >= 15 is 0 Å². The number of para-hydroxylation sites is 1. The van der Waals surface area contributed by atoms with Crippen LogP contribution in [0.1, 0.15) is 24.6 Å². The summed E-state index contributed by atoms with van der Waals surface area (Å²) in [6.45, 7) is 3.83. The monoisotopic (exact) mass is 436 g/mol. The lowest BCUT2D eigenvalue weighted by atomic mass is 10.0. The quantitative estimate of drug-likeness (QED) is 0.631. The molecule has 0 N–H and O–H groups in total. The highest BCUT2D eigenvalue weighted by molar-refractivity contribution is 7.90. The topological polar surface area (TPSA) is 75.5 Å². The Labute approximate surface area is 181 Å². The molecule has 160 valence electrons. The van der Waals surface area contributed by atoms with Crippen LogP contribution in [0, 0.1) is 0 Å². The number of carbonyl (C=O) groups excluding carboxylic acids is 1. The minimum absolute atomic E-state index is 0.0385. The van der Waals surface area contributed by atoms with E-state index in [0.29, 0.717) is 18.5 Å². The second kappa shape index (κ2) is 7.32. The minimum atomic E-state index is -3.89. The predicted octanol–water partition coefficient (Wildman–Crippen LogP) is 2.90. The number of rotatable bonds is 3. The Balaban J connectivity index is 1.62. The minimum Gasteiger partial charge on any atom is -0.312 e. The molecule has 0 spiro atoms. The molecule has 0 saturated heterocycles. The zero-order chi connectivity index (χ0) is 21.8. The van der Waals surface area contributed by atoms with Crippen LogP contribution in [0.5, 0.6) is 0 Å². The van der Waals surface area contributed by atoms with Gasteiger partial charge in [-0.3, -0.25) is 4.79 Å². The van der Waals surface area contributed by atoms with Crippen LogP contribution >= 0.6 is 0 Å². The first-order chi connectivity index (χ1) is 14.9. The van der Waals surface area contributed by atoms with E-state index in [2.05, 4.69) is 23.1 Å². The van der Waals surface area contributed by atoms with Crippen molar-refractivity contribution in [3.63, 3.8) is 0 Å². The van der Waals surface area contributed by atoms with Crippen LogP contribution in [0.2, 0.25) is 0 Å². The van der Waals surface area contributed by atoms with E-state index in [1.807, 2.05) is 18.2 Å². The normalized spacial score (nSPS) is 17.1. The highest BCUT2D eigenvalue weighted by Crippen LogP contribution is 2.33. The van der Waals surface area contributed by atoms with Crippen LogP contribution in [-0.2, 0) is 21.2 Å². The maximum Gasteiger partial charge on any atom is 0.283 e. The van der Waals surface area contributed by atoms with Crippen molar-refractivity contribution in [1.82, 2.24) is 14.1 Å². The highest BCUT2D eigenvalue weighted by atomic mass is 32.2. The summed E-state index contributed by atoms with van der Waals surface area (Å²) in [5.74, 6) is -0.0385. The summed E-state index contributed by atoms with van der Waals surface area (Å²) in [5, 5.41) is 5.44. The number of aromatic nitrogens is 2. The lowest BCUT2D eigenvalue weighted by Gasteiger charge is -2.21. The number of nitrogens with zero attached hydrogens (tertiary/aromatic N) is 4. The predicted molar refractivity (Wildman–Crippen MR) is 121 cm³/mol. The molecule has 5 rings (SSSR count). The van der Waals surface area contributed by atoms with Crippen molar-refractivity contribution in [1.29, 1.82) is 0 Å². The van der Waals surface area contributed by atoms with Gasteiger partial charge in [-0.2, -0.15) is 17.6 Å². The van der Waals surface area contributed by atoms with Gasteiger partial charge in [-0.1, -0.05) is 24.3 Å². The van der Waals surface area contributed by atoms with E-state index in [1.165, 1.54) is 6.92 Å². The number of amides is 1. The molecule has 0 bridgehead atoms. The Kier molecular flexibility index (Phi) is 4.71. The lowest BCUT2D eigenvalue weighted by Crippen LogP contribution is -2.25. The van der Waals surface area contributed by atoms with E-state index in [0.717, 1.165) is 51.5 Å². The molecule has 0 unspecified atom stereocenters. The number of carbonyl (C=O) groups is 1. The third kappa shape index (κ3) is 3.26. The van der Waals surface area contributed by atoms with Crippen molar-refractivity contribution < 1.29 is 13.2 Å². The van der Waals surface area contributed by atoms with Gasteiger partial charge in [-0.05, 0) is 55.3 Å². The number of hydrogen-bond acceptors (Lipinski definition) is 5. The van der Waals surface area contributed by atoms with E-state index in [9.17, 15) is 13.2 Å². The molecular formula is C23H24N4O3S. The summed E-state index contributed by atoms with van der Waals surface area (Å²) in [6.07, 6.45) is 3.60. The fourth-order valence-electron chi connectivity index (χ4n) is 4.41. The van der Waals surface area contributed by atoms with E-state index in [-0.39, 0.29) is 10.8 Å². The molecule has 1 aromatic heterocycles. The fraction of sp³-hybridized carbons (Fsp3) is 0.304. The first-order valence-corrected chi connectivity index (χ1v) is 11.8. The second-order valence-electron chi connectivity index (χ2n) is 8.17. The lowest BCUT2D eigenvalue weighted by molar-refractivity contribution is -0.116. The SMILES string of the molecule is CC(=O)N1CCc2cc(S(=O)(=O)n3nc(C4=CCN(C)CC4)c4ccccc43)ccc21. The Morgan fingerprint density at radius 3 is 2.61 bits per heavy atom. The van der Waals surface area contributed by atoms with Gasteiger partial charge in [0, 0.05) is 37.6 Å². The first-order valence-electron chi connectivity index (χ1n) is 10.4. The van der Waals surface area contributed by atoms with Crippen molar-refractivity contribution in [2.45, 2.75) is 24.7 Å². The number of benzene rings is 2. The van der Waals surface area contributed by atoms with Crippen LogP contribution in [-0.4, -0.2) is 55.1 Å². The zero-order valence-electron chi connectivity index (χ0n) is 17.6. The summed E-state index contributed by atoms with van der Waals surface area (Å²) >= 11 is 0. The standard InChI is InChI=1S/C23H24N4O3S/c1-16(28)26-14-11-18-15-19(7-8-21(18)26)31(29,30)27-22-6-4-3-5-20(22)23(24-27)17-9-12-25(2)13-10-17/h3-9,15H,10-14H2,1-2H3. The number of anilines is 1. The summed E-state index contributed by atoms with van der Waals surface area (Å²) in [5.41, 5.74) is 4.04. The smallest absolute Gasteiger partial charge is 0.283 e. The van der Waals surface area contributed by atoms with Crippen LogP contribution < -0.4 is 4.90 Å². The molecule has 2 aliphatic rings. The molecule has 1 amide bonds. The molecular weight excluding hydrogens is 412 g/mol. The number of likely N-dealkylation sites (N-methyl/N-ethyl adjacent to an activating group) is 1. The summed E-state index contributed by atoms with van der Waals surface area (Å²) in [6, 6.07) is 12.4. The molecule has 2 aliphatic heterocycles. The third-order valence-corrected chi connectivity index (χ3v) is 7.71. The van der Waals surface area contributed by atoms with Crippen LogP contribution in [0.15, 0.2) is 53.4 Å². The average molecular weight is 437 g/mol. The highest BCUT2D eigenvalue weighted by Gasteiger charge is 2.28. The number of hydrogen-bond donors (Lipinski definition) is 0. The van der Waals surface area contributed by atoms with Crippen LogP contribution in [0.25, 0.3) is 16.5 Å². The molecule has 7 nitrogen and oxygen atoms in total. The van der Waals surface area contributed by atoms with E-state index < -0.39 is 10.0 Å². The first kappa shape index (κ1) is 20.0. The van der Waals surface area contributed by atoms with Crippen LogP contribution in [0.4, 0.5) is 5.69 Å². The maximum atomic E-state index is 13.6. The summed E-state index contributed by atoms with van der Waals surface area (Å²) in [7, 11) is -1.82. The van der Waals surface area contributed by atoms with Gasteiger partial charge in [0.2, 0.25) is 5.91 Å². The molecule has 8 heteroatoms. The van der Waals surface area contributed by atoms with Gasteiger partial charge >= 0.3 is 0 Å². The molecule has 3 aromatic rings. The molecule has 0 fully saturated rings. The fourth-order valence-corrected chi connectivity index (χ4v) is 5.75. The molecule has 0 radical (unpaired) electrons. The molecule has 0 atom stereocenters. The van der Waals surface area contributed by atoms with Crippen LogP contribution in [0.3, 0.4) is 0 Å².